The molecule has 0 saturated carbocycles. The Kier molecular flexibility index (Phi) is 9.07. The van der Waals surface area contributed by atoms with Crippen molar-refractivity contribution in [2.45, 2.75) is 20.8 Å². The Morgan fingerprint density at radius 1 is 0.710 bits per heavy atom. The van der Waals surface area contributed by atoms with Crippen LogP contribution in [0, 0.1) is 0 Å². The number of nitrogens with one attached hydrogen (secondary N) is 2. The normalized spacial score (nSPS) is 12.4. The highest BCUT2D eigenvalue weighted by Gasteiger charge is 2.29. The van der Waals surface area contributed by atoms with E-state index in [9.17, 15) is 26.3 Å². The average Bonchev–Trinajstić information content (AvgIpc) is 2.67. The Morgan fingerprint density at radius 2 is 1.06 bits per heavy atom. The predicted molar refractivity (Wildman–Crippen MR) is 111 cm³/mol. The summed E-state index contributed by atoms with van der Waals surface area (Å²) in [5, 5.41) is 7.65. The van der Waals surface area contributed by atoms with Crippen molar-refractivity contribution in [2.24, 2.45) is 14.7 Å². The van der Waals surface area contributed by atoms with Gasteiger partial charge in [-0.05, 0) is 58.9 Å². The van der Waals surface area contributed by atoms with E-state index in [0.29, 0.717) is 11.1 Å². The first kappa shape index (κ1) is 24.9. The molecule has 5 nitrogen and oxygen atoms in total. The first-order valence-corrected chi connectivity index (χ1v) is 10.00. The number of hydrazone groups is 2. The highest BCUT2D eigenvalue weighted by molar-refractivity contribution is 8.00. The van der Waals surface area contributed by atoms with Gasteiger partial charge in [-0.25, -0.2) is 10.9 Å². The fourth-order valence-electron chi connectivity index (χ4n) is 1.91. The minimum absolute atomic E-state index is 0.0432. The maximum absolute atomic E-state index is 12.3. The van der Waals surface area contributed by atoms with E-state index in [2.05, 4.69) is 25.6 Å². The summed E-state index contributed by atoms with van der Waals surface area (Å²) in [4.78, 5) is 0.0864. The molecule has 0 saturated heterocycles. The number of halogens is 7. The highest BCUT2D eigenvalue weighted by Crippen LogP contribution is 2.37. The van der Waals surface area contributed by atoms with Crippen molar-refractivity contribution >= 4 is 53.7 Å². The van der Waals surface area contributed by atoms with Crippen LogP contribution in [0.2, 0.25) is 0 Å². The molecule has 2 N–H and O–H groups in total. The summed E-state index contributed by atoms with van der Waals surface area (Å²) in [7, 11) is 0. The third-order valence-corrected chi connectivity index (χ3v) is 4.73. The lowest BCUT2D eigenvalue weighted by Crippen LogP contribution is -2.30. The average molecular weight is 500 g/mol. The molecule has 0 unspecified atom stereocenters. The lowest BCUT2D eigenvalue weighted by Gasteiger charge is -2.05. The van der Waals surface area contributed by atoms with Crippen LogP contribution >= 0.6 is 35.3 Å². The number of alkyl halides is 6. The van der Waals surface area contributed by atoms with Gasteiger partial charge in [0.15, 0.2) is 0 Å². The monoisotopic (exact) mass is 499 g/mol. The summed E-state index contributed by atoms with van der Waals surface area (Å²) >= 11 is 4.95. The molecule has 0 amide bonds. The second kappa shape index (κ2) is 11.3. The molecule has 0 spiro atoms. The molecule has 2 rings (SSSR count). The number of rotatable bonds is 6. The molecule has 0 aliphatic heterocycles. The van der Waals surface area contributed by atoms with Gasteiger partial charge in [0.05, 0.1) is 12.4 Å². The quantitative estimate of drug-likeness (QED) is 0.169. The van der Waals surface area contributed by atoms with Gasteiger partial charge in [-0.15, -0.1) is 4.51 Å². The van der Waals surface area contributed by atoms with Crippen LogP contribution in [0.1, 0.15) is 11.1 Å². The van der Waals surface area contributed by atoms with E-state index in [-0.39, 0.29) is 39.3 Å². The lowest BCUT2D eigenvalue weighted by atomic mass is 10.2. The first-order valence-electron chi connectivity index (χ1n) is 8.03. The highest BCUT2D eigenvalue weighted by atomic mass is 35.5. The number of benzene rings is 2. The number of nitrogens with zero attached hydrogens (tertiary/aromatic N) is 3. The summed E-state index contributed by atoms with van der Waals surface area (Å²) in [5.74, 6) is -0.0670. The molecule has 0 atom stereocenters. The van der Waals surface area contributed by atoms with Gasteiger partial charge in [0.2, 0.25) is 5.96 Å². The molecule has 0 aromatic heterocycles. The van der Waals surface area contributed by atoms with Crippen molar-refractivity contribution in [3.05, 3.63) is 59.7 Å². The largest absolute Gasteiger partial charge is 0.446 e. The van der Waals surface area contributed by atoms with E-state index in [1.165, 1.54) is 61.0 Å². The predicted octanol–water partition coefficient (Wildman–Crippen LogP) is 5.97. The molecule has 166 valence electrons. The van der Waals surface area contributed by atoms with Gasteiger partial charge in [0.25, 0.3) is 0 Å². The Balaban J connectivity index is 1.84. The summed E-state index contributed by atoms with van der Waals surface area (Å²) in [6.45, 7) is 0. The zero-order chi connectivity index (χ0) is 22.9. The van der Waals surface area contributed by atoms with Crippen LogP contribution in [-0.2, 0) is 0 Å². The number of guanidine groups is 1. The SMILES string of the molecule is FC(F)(F)Sc1ccc(/C=N/NC(=NCl)N/N=C/c2ccc(SC(F)(F)F)cc2)cc1. The fraction of sp³-hybridized carbons (Fsp3) is 0.118. The Labute approximate surface area is 186 Å². The zero-order valence-electron chi connectivity index (χ0n) is 15.1. The van der Waals surface area contributed by atoms with E-state index in [1.54, 1.807) is 0 Å². The van der Waals surface area contributed by atoms with Crippen LogP contribution < -0.4 is 10.9 Å². The smallest absolute Gasteiger partial charge is 0.245 e. The molecule has 0 radical (unpaired) electrons. The van der Waals surface area contributed by atoms with Crippen LogP contribution in [-0.4, -0.2) is 29.4 Å². The van der Waals surface area contributed by atoms with Crippen LogP contribution in [0.5, 0.6) is 0 Å². The van der Waals surface area contributed by atoms with Gasteiger partial charge < -0.3 is 0 Å². The minimum atomic E-state index is -4.36. The van der Waals surface area contributed by atoms with Gasteiger partial charge in [0, 0.05) is 21.6 Å². The second-order valence-corrected chi connectivity index (χ2v) is 7.85. The molecule has 2 aromatic carbocycles. The van der Waals surface area contributed by atoms with Gasteiger partial charge >= 0.3 is 11.0 Å². The van der Waals surface area contributed by atoms with Crippen LogP contribution in [0.4, 0.5) is 26.3 Å². The molecule has 0 fully saturated rings. The van der Waals surface area contributed by atoms with E-state index in [4.69, 9.17) is 11.8 Å². The second-order valence-electron chi connectivity index (χ2n) is 5.41. The fourth-order valence-corrected chi connectivity index (χ4v) is 3.06. The van der Waals surface area contributed by atoms with E-state index in [0.717, 1.165) is 0 Å². The summed E-state index contributed by atoms with van der Waals surface area (Å²) in [5.41, 5.74) is -2.80. The van der Waals surface area contributed by atoms with Crippen molar-refractivity contribution in [2.75, 3.05) is 0 Å². The topological polar surface area (TPSA) is 61.1 Å². The summed E-state index contributed by atoms with van der Waals surface area (Å²) in [6, 6.07) is 11.0. The Bertz CT molecular complexity index is 855. The maximum atomic E-state index is 12.3. The van der Waals surface area contributed by atoms with Gasteiger partial charge in [-0.1, -0.05) is 24.3 Å². The zero-order valence-corrected chi connectivity index (χ0v) is 17.5. The summed E-state index contributed by atoms with van der Waals surface area (Å²) < 4.78 is 77.1. The molecular weight excluding hydrogens is 488 g/mol. The number of hydrogen-bond acceptors (Lipinski definition) is 5. The van der Waals surface area contributed by atoms with Gasteiger partial charge in [-0.2, -0.15) is 36.5 Å². The van der Waals surface area contributed by atoms with Gasteiger partial charge in [0.1, 0.15) is 0 Å². The Morgan fingerprint density at radius 3 is 1.35 bits per heavy atom. The van der Waals surface area contributed by atoms with Crippen LogP contribution in [0.15, 0.2) is 73.0 Å². The molecule has 0 aliphatic carbocycles. The Hall–Kier alpha value is -2.38. The molecule has 2 aromatic rings. The molecule has 0 heterocycles. The first-order chi connectivity index (χ1) is 14.5. The number of hydrogen-bond donors (Lipinski definition) is 2. The van der Waals surface area contributed by atoms with E-state index < -0.39 is 11.0 Å². The number of thioether (sulfide) groups is 2. The minimum Gasteiger partial charge on any atom is -0.245 e. The summed E-state index contributed by atoms with van der Waals surface area (Å²) in [6.07, 6.45) is 2.65. The van der Waals surface area contributed by atoms with Crippen LogP contribution in [0.25, 0.3) is 0 Å². The lowest BCUT2D eigenvalue weighted by molar-refractivity contribution is -0.0337. The van der Waals surface area contributed by atoms with E-state index >= 15 is 0 Å². The van der Waals surface area contributed by atoms with Crippen molar-refractivity contribution in [3.8, 4) is 0 Å². The van der Waals surface area contributed by atoms with Crippen molar-refractivity contribution in [3.63, 3.8) is 0 Å². The maximum Gasteiger partial charge on any atom is 0.446 e. The van der Waals surface area contributed by atoms with Crippen LogP contribution in [0.3, 0.4) is 0 Å². The molecule has 31 heavy (non-hydrogen) atoms. The standard InChI is InChI=1S/C17H12ClF6N5S2/c18-27-15(28-25-9-11-1-5-13(6-2-11)30-16(19,20)21)29-26-10-12-3-7-14(8-4-12)31-17(22,23)24/h1-10H,(H2,27,28,29)/b25-9+,26-10+. The third-order valence-electron chi connectivity index (χ3n) is 3.08. The molecule has 0 bridgehead atoms. The molecule has 14 heteroatoms. The molecular formula is C17H12ClF6N5S2. The van der Waals surface area contributed by atoms with Crippen molar-refractivity contribution < 1.29 is 26.3 Å². The third kappa shape index (κ3) is 10.5. The molecule has 0 aliphatic rings. The van der Waals surface area contributed by atoms with Crippen molar-refractivity contribution in [1.82, 2.24) is 10.9 Å². The van der Waals surface area contributed by atoms with Gasteiger partial charge in [-0.3, -0.25) is 0 Å². The van der Waals surface area contributed by atoms with Crippen molar-refractivity contribution in [1.29, 1.82) is 0 Å². The van der Waals surface area contributed by atoms with E-state index in [1.807, 2.05) is 0 Å².